The van der Waals surface area contributed by atoms with E-state index in [2.05, 4.69) is 53.3 Å². The molecule has 0 amide bonds. The summed E-state index contributed by atoms with van der Waals surface area (Å²) in [5, 5.41) is 0. The van der Waals surface area contributed by atoms with E-state index in [1.807, 2.05) is 0 Å². The van der Waals surface area contributed by atoms with Gasteiger partial charge in [0.25, 0.3) is 0 Å². The summed E-state index contributed by atoms with van der Waals surface area (Å²) in [6.07, 6.45) is 9.31. The van der Waals surface area contributed by atoms with Gasteiger partial charge in [0, 0.05) is 0 Å². The summed E-state index contributed by atoms with van der Waals surface area (Å²) in [5.74, 6) is 0. The fraction of sp³-hybridized carbons (Fsp3) is 0.889. The van der Waals surface area contributed by atoms with E-state index in [9.17, 15) is 0 Å². The van der Waals surface area contributed by atoms with Crippen LogP contribution in [0.2, 0.25) is 11.1 Å². The van der Waals surface area contributed by atoms with Crippen LogP contribution < -0.4 is 0 Å². The van der Waals surface area contributed by atoms with Crippen molar-refractivity contribution >= 4 is 8.32 Å². The summed E-state index contributed by atoms with van der Waals surface area (Å²) in [5.41, 5.74) is 3.69. The van der Waals surface area contributed by atoms with E-state index in [0.717, 1.165) is 6.61 Å². The van der Waals surface area contributed by atoms with Gasteiger partial charge in [-0.15, -0.1) is 0 Å². The molecule has 3 heteroatoms. The Hall–Kier alpha value is -0.123. The van der Waals surface area contributed by atoms with Gasteiger partial charge in [0.2, 0.25) is 8.32 Å². The molecule has 2 nitrogen and oxygen atoms in total. The molecule has 0 aromatic carbocycles. The minimum absolute atomic E-state index is 0.360. The number of ether oxygens (including phenoxy) is 1. The highest BCUT2D eigenvalue weighted by Crippen LogP contribution is 2.37. The lowest BCUT2D eigenvalue weighted by atomic mass is 10.2. The normalized spacial score (nSPS) is 22.7. The Kier molecular flexibility index (Phi) is 8.21. The van der Waals surface area contributed by atoms with Crippen molar-refractivity contribution in [2.24, 2.45) is 0 Å². The Labute approximate surface area is 133 Å². The maximum Gasteiger partial charge on any atom is 0.221 e. The highest BCUT2D eigenvalue weighted by Gasteiger charge is 2.44. The number of rotatable bonds is 11. The van der Waals surface area contributed by atoms with E-state index in [1.54, 1.807) is 0 Å². The molecule has 0 unspecified atom stereocenters. The van der Waals surface area contributed by atoms with Gasteiger partial charge < -0.3 is 9.16 Å². The Morgan fingerprint density at radius 2 is 1.71 bits per heavy atom. The zero-order valence-corrected chi connectivity index (χ0v) is 16.0. The standard InChI is InChI=1S/C18H36O2Si/c1-7-9-10-11-13-21(15(3)4,16(5)6)19-14-18-17(20-18)12-8-2/h11,13,15-18H,7-10,12,14H2,1-6H3/b13-11+/t17-,18+/m0/s1. The first-order valence-electron chi connectivity index (χ1n) is 8.95. The second kappa shape index (κ2) is 9.11. The zero-order chi connectivity index (χ0) is 15.9. The zero-order valence-electron chi connectivity index (χ0n) is 15.0. The first-order valence-corrected chi connectivity index (χ1v) is 11.1. The molecule has 1 saturated heterocycles. The molecule has 1 aliphatic heterocycles. The Morgan fingerprint density at radius 1 is 1.05 bits per heavy atom. The lowest BCUT2D eigenvalue weighted by Crippen LogP contribution is -2.44. The van der Waals surface area contributed by atoms with Crippen molar-refractivity contribution in [3.63, 3.8) is 0 Å². The summed E-state index contributed by atoms with van der Waals surface area (Å²) < 4.78 is 12.3. The molecule has 0 bridgehead atoms. The molecule has 0 aromatic heterocycles. The Balaban J connectivity index is 2.61. The fourth-order valence-electron chi connectivity index (χ4n) is 3.11. The summed E-state index contributed by atoms with van der Waals surface area (Å²) in [4.78, 5) is 0. The first-order chi connectivity index (χ1) is 9.97. The van der Waals surface area contributed by atoms with Crippen LogP contribution in [0.1, 0.15) is 73.6 Å². The molecular weight excluding hydrogens is 276 g/mol. The van der Waals surface area contributed by atoms with Gasteiger partial charge in [0.1, 0.15) is 6.10 Å². The smallest absolute Gasteiger partial charge is 0.221 e. The third-order valence-corrected chi connectivity index (χ3v) is 9.70. The molecule has 0 N–H and O–H groups in total. The van der Waals surface area contributed by atoms with Gasteiger partial charge in [0.05, 0.1) is 12.7 Å². The third-order valence-electron chi connectivity index (χ3n) is 4.67. The average Bonchev–Trinajstić information content (AvgIpc) is 3.16. The van der Waals surface area contributed by atoms with Gasteiger partial charge in [0.15, 0.2) is 0 Å². The Morgan fingerprint density at radius 3 is 2.24 bits per heavy atom. The van der Waals surface area contributed by atoms with Crippen molar-refractivity contribution in [1.82, 2.24) is 0 Å². The molecule has 1 aliphatic rings. The van der Waals surface area contributed by atoms with Gasteiger partial charge in [-0.25, -0.2) is 0 Å². The van der Waals surface area contributed by atoms with Crippen molar-refractivity contribution in [1.29, 1.82) is 0 Å². The minimum Gasteiger partial charge on any atom is -0.410 e. The van der Waals surface area contributed by atoms with Gasteiger partial charge in [-0.1, -0.05) is 72.6 Å². The highest BCUT2D eigenvalue weighted by atomic mass is 28.4. The lowest BCUT2D eigenvalue weighted by molar-refractivity contribution is 0.244. The number of hydrogen-bond donors (Lipinski definition) is 0. The third kappa shape index (κ3) is 5.54. The van der Waals surface area contributed by atoms with Crippen molar-refractivity contribution in [2.45, 2.75) is 96.9 Å². The minimum atomic E-state index is -1.84. The van der Waals surface area contributed by atoms with E-state index in [-0.39, 0.29) is 0 Å². The molecule has 1 fully saturated rings. The summed E-state index contributed by atoms with van der Waals surface area (Å²) >= 11 is 0. The molecule has 124 valence electrons. The SMILES string of the molecule is CCCC/C=C/[Si](OC[C@H]1O[C@H]1CCC)(C(C)C)C(C)C. The van der Waals surface area contributed by atoms with Crippen molar-refractivity contribution in [3.8, 4) is 0 Å². The number of epoxide rings is 1. The predicted molar refractivity (Wildman–Crippen MR) is 94.1 cm³/mol. The van der Waals surface area contributed by atoms with E-state index in [0.29, 0.717) is 23.3 Å². The maximum atomic E-state index is 6.56. The second-order valence-corrected chi connectivity index (χ2v) is 11.7. The predicted octanol–water partition coefficient (Wildman–Crippen LogP) is 5.62. The van der Waals surface area contributed by atoms with Crippen LogP contribution >= 0.6 is 0 Å². The van der Waals surface area contributed by atoms with Crippen LogP contribution in [0, 0.1) is 0 Å². The molecule has 0 radical (unpaired) electrons. The molecule has 1 rings (SSSR count). The monoisotopic (exact) mass is 312 g/mol. The number of hydrogen-bond acceptors (Lipinski definition) is 2. The van der Waals surface area contributed by atoms with Crippen LogP contribution in [0.4, 0.5) is 0 Å². The quantitative estimate of drug-likeness (QED) is 0.280. The Bertz CT molecular complexity index is 304. The molecule has 0 saturated carbocycles. The summed E-state index contributed by atoms with van der Waals surface area (Å²) in [7, 11) is -1.84. The lowest BCUT2D eigenvalue weighted by Gasteiger charge is -2.36. The molecule has 21 heavy (non-hydrogen) atoms. The van der Waals surface area contributed by atoms with Crippen LogP contribution in [0.5, 0.6) is 0 Å². The highest BCUT2D eigenvalue weighted by molar-refractivity contribution is 6.81. The summed E-state index contributed by atoms with van der Waals surface area (Å²) in [6, 6.07) is 0. The van der Waals surface area contributed by atoms with E-state index in [4.69, 9.17) is 9.16 Å². The fourth-order valence-corrected chi connectivity index (χ4v) is 6.97. The van der Waals surface area contributed by atoms with Crippen LogP contribution in [0.3, 0.4) is 0 Å². The second-order valence-electron chi connectivity index (χ2n) is 7.02. The van der Waals surface area contributed by atoms with E-state index >= 15 is 0 Å². The van der Waals surface area contributed by atoms with Crippen molar-refractivity contribution in [3.05, 3.63) is 11.8 Å². The largest absolute Gasteiger partial charge is 0.410 e. The van der Waals surface area contributed by atoms with E-state index < -0.39 is 8.32 Å². The molecule has 0 aromatic rings. The van der Waals surface area contributed by atoms with Crippen molar-refractivity contribution < 1.29 is 9.16 Å². The van der Waals surface area contributed by atoms with Crippen LogP contribution in [-0.4, -0.2) is 27.1 Å². The maximum absolute atomic E-state index is 6.56. The van der Waals surface area contributed by atoms with Crippen molar-refractivity contribution in [2.75, 3.05) is 6.61 Å². The molecule has 2 atom stereocenters. The van der Waals surface area contributed by atoms with Gasteiger partial charge >= 0.3 is 0 Å². The van der Waals surface area contributed by atoms with Crippen LogP contribution in [-0.2, 0) is 9.16 Å². The molecular formula is C18H36O2Si. The molecule has 0 aliphatic carbocycles. The van der Waals surface area contributed by atoms with Gasteiger partial charge in [-0.3, -0.25) is 0 Å². The van der Waals surface area contributed by atoms with Gasteiger partial charge in [-0.2, -0.15) is 0 Å². The summed E-state index contributed by atoms with van der Waals surface area (Å²) in [6.45, 7) is 14.6. The number of allylic oxidation sites excluding steroid dienone is 1. The first kappa shape index (κ1) is 18.9. The molecule has 0 spiro atoms. The topological polar surface area (TPSA) is 21.8 Å². The number of unbranched alkanes of at least 4 members (excludes halogenated alkanes) is 2. The van der Waals surface area contributed by atoms with Gasteiger partial charge in [-0.05, 0) is 23.9 Å². The van der Waals surface area contributed by atoms with Crippen LogP contribution in [0.15, 0.2) is 11.8 Å². The average molecular weight is 313 g/mol. The van der Waals surface area contributed by atoms with E-state index in [1.165, 1.54) is 32.1 Å². The molecule has 1 heterocycles. The van der Waals surface area contributed by atoms with Crippen LogP contribution in [0.25, 0.3) is 0 Å².